The molecule has 1 saturated heterocycles. The molecule has 1 fully saturated rings. The highest BCUT2D eigenvalue weighted by Gasteiger charge is 2.23. The molecule has 1 heterocycles. The van der Waals surface area contributed by atoms with E-state index in [0.717, 1.165) is 0 Å². The maximum absolute atomic E-state index is 13.0. The van der Waals surface area contributed by atoms with Crippen LogP contribution in [0.4, 0.5) is 4.39 Å². The van der Waals surface area contributed by atoms with Gasteiger partial charge < -0.3 is 19.5 Å². The van der Waals surface area contributed by atoms with Gasteiger partial charge in [-0.2, -0.15) is 0 Å². The number of carbonyl (C=O) groups excluding carboxylic acids is 3. The topological polar surface area (TPSA) is 118 Å². The van der Waals surface area contributed by atoms with Crippen molar-refractivity contribution in [1.29, 1.82) is 0 Å². The van der Waals surface area contributed by atoms with E-state index < -0.39 is 11.7 Å². The van der Waals surface area contributed by atoms with Gasteiger partial charge in [-0.05, 0) is 49.2 Å². The second kappa shape index (κ2) is 12.0. The van der Waals surface area contributed by atoms with Crippen molar-refractivity contribution < 1.29 is 33.0 Å². The van der Waals surface area contributed by atoms with E-state index in [0.29, 0.717) is 48.7 Å². The van der Waals surface area contributed by atoms with Crippen LogP contribution >= 0.6 is 0 Å². The van der Waals surface area contributed by atoms with Gasteiger partial charge in [0.15, 0.2) is 11.5 Å². The van der Waals surface area contributed by atoms with Gasteiger partial charge in [0.2, 0.25) is 5.75 Å². The number of benzene rings is 2. The molecular weight excluding hydrogens is 459 g/mol. The molecule has 3 amide bonds. The van der Waals surface area contributed by atoms with Gasteiger partial charge in [-0.15, -0.1) is 0 Å². The molecule has 3 rings (SSSR count). The third kappa shape index (κ3) is 6.82. The SMILES string of the molecule is COc1cc(C(=O)NNC(=O)CN2CCC(NC(=O)c3ccc(F)cc3)CC2)cc(OC)c1OC. The fourth-order valence-electron chi connectivity index (χ4n) is 3.76. The summed E-state index contributed by atoms with van der Waals surface area (Å²) >= 11 is 0. The molecule has 0 radical (unpaired) electrons. The van der Waals surface area contributed by atoms with Crippen LogP contribution in [0.2, 0.25) is 0 Å². The minimum absolute atomic E-state index is 0.0356. The Kier molecular flexibility index (Phi) is 8.85. The molecule has 0 saturated carbocycles. The molecule has 2 aromatic rings. The number of nitrogens with zero attached hydrogens (tertiary/aromatic N) is 1. The van der Waals surface area contributed by atoms with E-state index in [-0.39, 0.29) is 30.0 Å². The molecular formula is C24H29FN4O6. The second-order valence-corrected chi connectivity index (χ2v) is 7.95. The fourth-order valence-corrected chi connectivity index (χ4v) is 3.76. The number of amides is 3. The number of nitrogens with one attached hydrogen (secondary N) is 3. The summed E-state index contributed by atoms with van der Waals surface area (Å²) in [5.41, 5.74) is 5.41. The average molecular weight is 489 g/mol. The molecule has 2 aromatic carbocycles. The maximum atomic E-state index is 13.0. The van der Waals surface area contributed by atoms with E-state index in [2.05, 4.69) is 16.2 Å². The number of likely N-dealkylation sites (tertiary alicyclic amines) is 1. The first-order valence-electron chi connectivity index (χ1n) is 11.0. The molecule has 0 bridgehead atoms. The fraction of sp³-hybridized carbons (Fsp3) is 0.375. The van der Waals surface area contributed by atoms with Crippen LogP contribution < -0.4 is 30.4 Å². The van der Waals surface area contributed by atoms with Crippen LogP contribution in [0.3, 0.4) is 0 Å². The predicted molar refractivity (Wildman–Crippen MR) is 125 cm³/mol. The summed E-state index contributed by atoms with van der Waals surface area (Å²) in [5, 5.41) is 2.94. The molecule has 0 unspecified atom stereocenters. The highest BCUT2D eigenvalue weighted by Crippen LogP contribution is 2.38. The lowest BCUT2D eigenvalue weighted by atomic mass is 10.0. The Morgan fingerprint density at radius 2 is 1.49 bits per heavy atom. The highest BCUT2D eigenvalue weighted by atomic mass is 19.1. The van der Waals surface area contributed by atoms with Crippen LogP contribution in [-0.4, -0.2) is 69.6 Å². The lowest BCUT2D eigenvalue weighted by Crippen LogP contribution is -2.50. The molecule has 3 N–H and O–H groups in total. The summed E-state index contributed by atoms with van der Waals surface area (Å²) in [6, 6.07) is 8.30. The summed E-state index contributed by atoms with van der Waals surface area (Å²) in [6.07, 6.45) is 1.33. The summed E-state index contributed by atoms with van der Waals surface area (Å²) in [5.74, 6) is -0.578. The Morgan fingerprint density at radius 3 is 2.03 bits per heavy atom. The highest BCUT2D eigenvalue weighted by molar-refractivity contribution is 5.97. The molecule has 0 aromatic heterocycles. The van der Waals surface area contributed by atoms with Crippen LogP contribution in [0, 0.1) is 5.82 Å². The number of hydrogen-bond donors (Lipinski definition) is 3. The third-order valence-electron chi connectivity index (χ3n) is 5.64. The van der Waals surface area contributed by atoms with E-state index in [1.54, 1.807) is 0 Å². The molecule has 0 atom stereocenters. The standard InChI is InChI=1S/C24H29FN4O6/c1-33-19-12-16(13-20(34-2)22(19)35-3)24(32)28-27-21(30)14-29-10-8-18(9-11-29)26-23(31)15-4-6-17(25)7-5-15/h4-7,12-13,18H,8-11,14H2,1-3H3,(H,26,31)(H,27,30)(H,28,32). The quantitative estimate of drug-likeness (QED) is 0.482. The number of rotatable bonds is 8. The van der Waals surface area contributed by atoms with Gasteiger partial charge in [0.05, 0.1) is 27.9 Å². The smallest absolute Gasteiger partial charge is 0.269 e. The predicted octanol–water partition coefficient (Wildman–Crippen LogP) is 1.51. The second-order valence-electron chi connectivity index (χ2n) is 7.95. The van der Waals surface area contributed by atoms with Crippen molar-refractivity contribution in [2.24, 2.45) is 0 Å². The normalized spacial score (nSPS) is 14.1. The zero-order chi connectivity index (χ0) is 25.4. The van der Waals surface area contributed by atoms with Gasteiger partial charge in [-0.3, -0.25) is 30.1 Å². The molecule has 0 spiro atoms. The lowest BCUT2D eigenvalue weighted by Gasteiger charge is -2.31. The van der Waals surface area contributed by atoms with Crippen molar-refractivity contribution in [2.75, 3.05) is 41.0 Å². The van der Waals surface area contributed by atoms with Crippen LogP contribution in [0.25, 0.3) is 0 Å². The Balaban J connectivity index is 1.44. The number of ether oxygens (including phenoxy) is 3. The van der Waals surface area contributed by atoms with Crippen LogP contribution in [0.1, 0.15) is 33.6 Å². The van der Waals surface area contributed by atoms with E-state index in [4.69, 9.17) is 14.2 Å². The molecule has 1 aliphatic heterocycles. The van der Waals surface area contributed by atoms with Gasteiger partial charge in [0.25, 0.3) is 17.7 Å². The Morgan fingerprint density at radius 1 is 0.886 bits per heavy atom. The third-order valence-corrected chi connectivity index (χ3v) is 5.64. The van der Waals surface area contributed by atoms with Gasteiger partial charge in [-0.25, -0.2) is 4.39 Å². The van der Waals surface area contributed by atoms with E-state index >= 15 is 0 Å². The van der Waals surface area contributed by atoms with Crippen molar-refractivity contribution in [3.8, 4) is 17.2 Å². The molecule has 188 valence electrons. The first kappa shape index (κ1) is 25.8. The van der Waals surface area contributed by atoms with Crippen molar-refractivity contribution in [1.82, 2.24) is 21.1 Å². The summed E-state index contributed by atoms with van der Waals surface area (Å²) < 4.78 is 28.7. The number of halogens is 1. The number of hydrogen-bond acceptors (Lipinski definition) is 7. The first-order valence-corrected chi connectivity index (χ1v) is 11.0. The molecule has 1 aliphatic rings. The monoisotopic (exact) mass is 488 g/mol. The summed E-state index contributed by atoms with van der Waals surface area (Å²) in [4.78, 5) is 39.1. The average Bonchev–Trinajstić information content (AvgIpc) is 2.87. The van der Waals surface area contributed by atoms with E-state index in [1.807, 2.05) is 4.90 Å². The molecule has 35 heavy (non-hydrogen) atoms. The van der Waals surface area contributed by atoms with Crippen molar-refractivity contribution in [3.05, 3.63) is 53.3 Å². The zero-order valence-corrected chi connectivity index (χ0v) is 19.9. The van der Waals surface area contributed by atoms with Crippen LogP contribution in [0.5, 0.6) is 17.2 Å². The summed E-state index contributed by atoms with van der Waals surface area (Å²) in [7, 11) is 4.35. The van der Waals surface area contributed by atoms with Crippen molar-refractivity contribution in [2.45, 2.75) is 18.9 Å². The van der Waals surface area contributed by atoms with E-state index in [1.165, 1.54) is 57.7 Å². The number of piperidine rings is 1. The zero-order valence-electron chi connectivity index (χ0n) is 19.9. The Hall–Kier alpha value is -3.86. The van der Waals surface area contributed by atoms with Gasteiger partial charge in [0.1, 0.15) is 5.82 Å². The van der Waals surface area contributed by atoms with Crippen molar-refractivity contribution in [3.63, 3.8) is 0 Å². The van der Waals surface area contributed by atoms with E-state index in [9.17, 15) is 18.8 Å². The molecule has 11 heteroatoms. The van der Waals surface area contributed by atoms with Crippen LogP contribution in [0.15, 0.2) is 36.4 Å². The number of hydrazine groups is 1. The largest absolute Gasteiger partial charge is 0.493 e. The van der Waals surface area contributed by atoms with Gasteiger partial charge >= 0.3 is 0 Å². The first-order chi connectivity index (χ1) is 16.8. The van der Waals surface area contributed by atoms with Gasteiger partial charge in [-0.1, -0.05) is 0 Å². The minimum Gasteiger partial charge on any atom is -0.493 e. The van der Waals surface area contributed by atoms with Crippen molar-refractivity contribution >= 4 is 17.7 Å². The Labute approximate surface area is 202 Å². The maximum Gasteiger partial charge on any atom is 0.269 e. The molecule has 0 aliphatic carbocycles. The van der Waals surface area contributed by atoms with Gasteiger partial charge in [0, 0.05) is 30.3 Å². The minimum atomic E-state index is -0.542. The lowest BCUT2D eigenvalue weighted by molar-refractivity contribution is -0.123. The number of carbonyl (C=O) groups is 3. The molecule has 10 nitrogen and oxygen atoms in total. The van der Waals surface area contributed by atoms with Crippen LogP contribution in [-0.2, 0) is 4.79 Å². The summed E-state index contributed by atoms with van der Waals surface area (Å²) in [6.45, 7) is 1.29. The number of methoxy groups -OCH3 is 3. The Bertz CT molecular complexity index is 1030.